The Morgan fingerprint density at radius 1 is 1.31 bits per heavy atom. The molecule has 0 aromatic carbocycles. The summed E-state index contributed by atoms with van der Waals surface area (Å²) in [5.74, 6) is -1.66. The first-order chi connectivity index (χ1) is 14.0. The molecule has 0 bridgehead atoms. The number of aromatic amines is 1. The zero-order valence-electron chi connectivity index (χ0n) is 16.2. The quantitative estimate of drug-likeness (QED) is 0.564. The van der Waals surface area contributed by atoms with E-state index in [0.717, 1.165) is 5.01 Å². The van der Waals surface area contributed by atoms with E-state index in [1.807, 2.05) is 5.38 Å². The lowest BCUT2D eigenvalue weighted by atomic mass is 9.65. The second-order valence-electron chi connectivity index (χ2n) is 7.95. The lowest BCUT2D eigenvalue weighted by Crippen LogP contribution is -2.55. The maximum atomic E-state index is 13.0. The van der Waals surface area contributed by atoms with Crippen LogP contribution in [0, 0.1) is 23.7 Å². The maximum absolute atomic E-state index is 13.0. The molecule has 0 spiro atoms. The SMILES string of the molecule is C[C@H]1[C@H](O)[C@@H](O)[C@H]2CN(C(=O)c3ccc[nH]3)C[C@@H]2[C@H]1C(=O)NCCc1nccs1. The van der Waals surface area contributed by atoms with Gasteiger partial charge in [-0.15, -0.1) is 11.3 Å². The van der Waals surface area contributed by atoms with Gasteiger partial charge in [-0.1, -0.05) is 6.92 Å². The lowest BCUT2D eigenvalue weighted by molar-refractivity contribution is -0.145. The summed E-state index contributed by atoms with van der Waals surface area (Å²) in [7, 11) is 0. The number of thiazole rings is 1. The number of hydrogen-bond donors (Lipinski definition) is 4. The third-order valence-electron chi connectivity index (χ3n) is 6.31. The average molecular weight is 419 g/mol. The average Bonchev–Trinajstić information content (AvgIpc) is 3.47. The molecule has 2 fully saturated rings. The Morgan fingerprint density at radius 3 is 2.79 bits per heavy atom. The zero-order valence-corrected chi connectivity index (χ0v) is 17.0. The van der Waals surface area contributed by atoms with Crippen LogP contribution in [0.5, 0.6) is 0 Å². The van der Waals surface area contributed by atoms with E-state index in [1.54, 1.807) is 47.7 Å². The molecule has 8 nitrogen and oxygen atoms in total. The molecule has 9 heteroatoms. The minimum Gasteiger partial charge on any atom is -0.390 e. The molecule has 2 aromatic heterocycles. The number of rotatable bonds is 5. The second kappa shape index (κ2) is 8.25. The maximum Gasteiger partial charge on any atom is 0.270 e. The summed E-state index contributed by atoms with van der Waals surface area (Å²) >= 11 is 1.55. The van der Waals surface area contributed by atoms with E-state index in [1.165, 1.54) is 0 Å². The van der Waals surface area contributed by atoms with Gasteiger partial charge in [-0.25, -0.2) is 4.98 Å². The number of aliphatic hydroxyl groups excluding tert-OH is 2. The molecule has 29 heavy (non-hydrogen) atoms. The Labute approximate surface area is 173 Å². The van der Waals surface area contributed by atoms with Crippen molar-refractivity contribution in [2.45, 2.75) is 25.6 Å². The number of nitrogens with zero attached hydrogens (tertiary/aromatic N) is 2. The summed E-state index contributed by atoms with van der Waals surface area (Å²) in [6.45, 7) is 2.99. The predicted octanol–water partition coefficient (Wildman–Crippen LogP) is 0.506. The van der Waals surface area contributed by atoms with Crippen molar-refractivity contribution in [1.82, 2.24) is 20.2 Å². The van der Waals surface area contributed by atoms with Crippen molar-refractivity contribution >= 4 is 23.2 Å². The summed E-state index contributed by atoms with van der Waals surface area (Å²) in [4.78, 5) is 34.6. The molecule has 1 aliphatic heterocycles. The van der Waals surface area contributed by atoms with Crippen molar-refractivity contribution in [3.8, 4) is 0 Å². The molecule has 2 aliphatic rings. The number of hydrogen-bond acceptors (Lipinski definition) is 6. The van der Waals surface area contributed by atoms with Gasteiger partial charge in [0.1, 0.15) is 5.69 Å². The molecule has 1 saturated heterocycles. The molecule has 4 rings (SSSR count). The summed E-state index contributed by atoms with van der Waals surface area (Å²) < 4.78 is 0. The summed E-state index contributed by atoms with van der Waals surface area (Å²) in [6.07, 6.45) is 2.14. The van der Waals surface area contributed by atoms with Crippen LogP contribution < -0.4 is 5.32 Å². The van der Waals surface area contributed by atoms with Crippen LogP contribution in [0.2, 0.25) is 0 Å². The fraction of sp³-hybridized carbons (Fsp3) is 0.550. The molecule has 4 N–H and O–H groups in total. The van der Waals surface area contributed by atoms with E-state index < -0.39 is 24.0 Å². The first kappa shape index (κ1) is 20.1. The van der Waals surface area contributed by atoms with Gasteiger partial charge in [-0.3, -0.25) is 9.59 Å². The van der Waals surface area contributed by atoms with Crippen molar-refractivity contribution in [1.29, 1.82) is 0 Å². The Morgan fingerprint density at radius 2 is 2.10 bits per heavy atom. The molecular weight excluding hydrogens is 392 g/mol. The number of aromatic nitrogens is 2. The van der Waals surface area contributed by atoms with Gasteiger partial charge in [0.2, 0.25) is 5.91 Å². The molecule has 1 aliphatic carbocycles. The number of likely N-dealkylation sites (tertiary alicyclic amines) is 1. The summed E-state index contributed by atoms with van der Waals surface area (Å²) in [5, 5.41) is 27.0. The Kier molecular flexibility index (Phi) is 5.71. The molecule has 2 aromatic rings. The number of H-pyrrole nitrogens is 1. The van der Waals surface area contributed by atoms with Crippen molar-refractivity contribution in [3.63, 3.8) is 0 Å². The van der Waals surface area contributed by atoms with Crippen LogP contribution in [0.1, 0.15) is 22.4 Å². The summed E-state index contributed by atoms with van der Waals surface area (Å²) in [6, 6.07) is 3.47. The van der Waals surface area contributed by atoms with Gasteiger partial charge in [-0.2, -0.15) is 0 Å². The fourth-order valence-electron chi connectivity index (χ4n) is 4.78. The van der Waals surface area contributed by atoms with Gasteiger partial charge < -0.3 is 25.4 Å². The minimum atomic E-state index is -0.994. The Hall–Kier alpha value is -2.23. The monoisotopic (exact) mass is 418 g/mol. The molecule has 6 atom stereocenters. The topological polar surface area (TPSA) is 119 Å². The molecule has 1 saturated carbocycles. The molecule has 0 radical (unpaired) electrons. The van der Waals surface area contributed by atoms with E-state index in [-0.39, 0.29) is 23.7 Å². The predicted molar refractivity (Wildman–Crippen MR) is 107 cm³/mol. The number of nitrogens with one attached hydrogen (secondary N) is 2. The second-order valence-corrected chi connectivity index (χ2v) is 8.93. The number of amides is 2. The van der Waals surface area contributed by atoms with Crippen LogP contribution in [-0.4, -0.2) is 68.7 Å². The molecule has 2 amide bonds. The highest BCUT2D eigenvalue weighted by Gasteiger charge is 2.54. The van der Waals surface area contributed by atoms with Gasteiger partial charge in [0.05, 0.1) is 17.2 Å². The third kappa shape index (κ3) is 3.82. The largest absolute Gasteiger partial charge is 0.390 e. The van der Waals surface area contributed by atoms with E-state index in [2.05, 4.69) is 15.3 Å². The number of carbonyl (C=O) groups excluding carboxylic acids is 2. The van der Waals surface area contributed by atoms with Gasteiger partial charge in [0.15, 0.2) is 0 Å². The summed E-state index contributed by atoms with van der Waals surface area (Å²) in [5.41, 5.74) is 0.483. The zero-order chi connectivity index (χ0) is 20.5. The van der Waals surface area contributed by atoms with Crippen molar-refractivity contribution in [2.24, 2.45) is 23.7 Å². The van der Waals surface area contributed by atoms with Crippen LogP contribution in [-0.2, 0) is 11.2 Å². The van der Waals surface area contributed by atoms with Crippen LogP contribution in [0.25, 0.3) is 0 Å². The Bertz CT molecular complexity index is 841. The highest BCUT2D eigenvalue weighted by atomic mass is 32.1. The third-order valence-corrected chi connectivity index (χ3v) is 7.15. The number of carbonyl (C=O) groups is 2. The van der Waals surface area contributed by atoms with E-state index in [4.69, 9.17) is 0 Å². The highest BCUT2D eigenvalue weighted by Crippen LogP contribution is 2.44. The minimum absolute atomic E-state index is 0.135. The number of fused-ring (bicyclic) bond motifs is 1. The van der Waals surface area contributed by atoms with Crippen LogP contribution >= 0.6 is 11.3 Å². The van der Waals surface area contributed by atoms with Crippen molar-refractivity contribution in [2.75, 3.05) is 19.6 Å². The normalized spacial score (nSPS) is 31.5. The standard InChI is InChI=1S/C20H26N4O4S/c1-11-16(19(27)23-6-4-15-22-7-8-29-15)12-9-24(10-13(12)18(26)17(11)25)20(28)14-3-2-5-21-14/h2-3,5,7-8,11-13,16-18,21,25-26H,4,6,9-10H2,1H3,(H,23,27)/t11-,12+,13+,16+,17+,18+/m1/s1. The first-order valence-electron chi connectivity index (χ1n) is 9.92. The van der Waals surface area contributed by atoms with Gasteiger partial charge in [0, 0.05) is 55.7 Å². The van der Waals surface area contributed by atoms with E-state index in [9.17, 15) is 19.8 Å². The van der Waals surface area contributed by atoms with Crippen LogP contribution in [0.4, 0.5) is 0 Å². The van der Waals surface area contributed by atoms with E-state index >= 15 is 0 Å². The fourth-order valence-corrected chi connectivity index (χ4v) is 5.40. The lowest BCUT2D eigenvalue weighted by Gasteiger charge is -2.43. The van der Waals surface area contributed by atoms with Crippen molar-refractivity contribution in [3.05, 3.63) is 40.6 Å². The number of aliphatic hydroxyl groups is 2. The smallest absolute Gasteiger partial charge is 0.270 e. The van der Waals surface area contributed by atoms with Gasteiger partial charge in [0.25, 0.3) is 5.91 Å². The van der Waals surface area contributed by atoms with Crippen molar-refractivity contribution < 1.29 is 19.8 Å². The van der Waals surface area contributed by atoms with Crippen LogP contribution in [0.15, 0.2) is 29.9 Å². The van der Waals surface area contributed by atoms with Crippen LogP contribution in [0.3, 0.4) is 0 Å². The molecular formula is C20H26N4O4S. The Balaban J connectivity index is 1.47. The first-order valence-corrected chi connectivity index (χ1v) is 10.8. The molecule has 156 valence electrons. The molecule has 0 unspecified atom stereocenters. The highest BCUT2D eigenvalue weighted by molar-refractivity contribution is 7.09. The van der Waals surface area contributed by atoms with Gasteiger partial charge in [-0.05, 0) is 24.0 Å². The van der Waals surface area contributed by atoms with E-state index in [0.29, 0.717) is 31.7 Å². The van der Waals surface area contributed by atoms with Gasteiger partial charge >= 0.3 is 0 Å². The molecule has 3 heterocycles.